The van der Waals surface area contributed by atoms with E-state index in [2.05, 4.69) is 16.0 Å². The Kier molecular flexibility index (Phi) is 3.34. The Labute approximate surface area is 155 Å². The Morgan fingerprint density at radius 2 is 1.89 bits per heavy atom. The standard InChI is InChI=1S/C23H15N3O/c1-14-6-8-19-20(10-14)26-23(25-19)16(13-24)11-15-7-9-22-18(12-15)17-4-2-3-5-21(17)27-22/h2-12H,1H3,(H,25,26)/b16-11+. The molecule has 5 aromatic rings. The molecule has 0 fully saturated rings. The number of benzene rings is 3. The number of nitrogens with zero attached hydrogens (tertiary/aromatic N) is 2. The predicted octanol–water partition coefficient (Wildman–Crippen LogP) is 5.83. The fourth-order valence-electron chi connectivity index (χ4n) is 3.40. The van der Waals surface area contributed by atoms with Crippen molar-refractivity contribution in [3.8, 4) is 6.07 Å². The topological polar surface area (TPSA) is 65.6 Å². The molecule has 0 aliphatic heterocycles. The Hall–Kier alpha value is -3.84. The number of aromatic amines is 1. The summed E-state index contributed by atoms with van der Waals surface area (Å²) >= 11 is 0. The molecule has 0 amide bonds. The van der Waals surface area contributed by atoms with Gasteiger partial charge in [-0.2, -0.15) is 5.26 Å². The zero-order chi connectivity index (χ0) is 18.4. The summed E-state index contributed by atoms with van der Waals surface area (Å²) in [6, 6.07) is 22.2. The van der Waals surface area contributed by atoms with E-state index in [1.54, 1.807) is 0 Å². The number of imidazole rings is 1. The number of fused-ring (bicyclic) bond motifs is 4. The Morgan fingerprint density at radius 1 is 1.04 bits per heavy atom. The van der Waals surface area contributed by atoms with Gasteiger partial charge in [0.15, 0.2) is 0 Å². The van der Waals surface area contributed by atoms with E-state index >= 15 is 0 Å². The van der Waals surface area contributed by atoms with Gasteiger partial charge in [-0.3, -0.25) is 0 Å². The lowest BCUT2D eigenvalue weighted by Crippen LogP contribution is -1.85. The van der Waals surface area contributed by atoms with E-state index in [1.165, 1.54) is 0 Å². The third-order valence-corrected chi connectivity index (χ3v) is 4.72. The van der Waals surface area contributed by atoms with Crippen LogP contribution in [0, 0.1) is 18.3 Å². The van der Waals surface area contributed by atoms with Gasteiger partial charge >= 0.3 is 0 Å². The molecule has 27 heavy (non-hydrogen) atoms. The fourth-order valence-corrected chi connectivity index (χ4v) is 3.40. The lowest BCUT2D eigenvalue weighted by Gasteiger charge is -1.97. The maximum absolute atomic E-state index is 9.67. The van der Waals surface area contributed by atoms with Gasteiger partial charge in [0.05, 0.1) is 16.6 Å². The Morgan fingerprint density at radius 3 is 2.78 bits per heavy atom. The maximum Gasteiger partial charge on any atom is 0.149 e. The quantitative estimate of drug-likeness (QED) is 0.407. The van der Waals surface area contributed by atoms with Gasteiger partial charge in [0.1, 0.15) is 23.1 Å². The van der Waals surface area contributed by atoms with Crippen molar-refractivity contribution < 1.29 is 4.42 Å². The predicted molar refractivity (Wildman–Crippen MR) is 108 cm³/mol. The molecule has 2 aromatic heterocycles. The van der Waals surface area contributed by atoms with Gasteiger partial charge in [0.2, 0.25) is 0 Å². The first-order chi connectivity index (χ1) is 13.2. The van der Waals surface area contributed by atoms with Crippen LogP contribution in [-0.2, 0) is 0 Å². The average Bonchev–Trinajstić information content (AvgIpc) is 3.26. The minimum absolute atomic E-state index is 0.496. The van der Waals surface area contributed by atoms with E-state index in [0.29, 0.717) is 11.4 Å². The highest BCUT2D eigenvalue weighted by Gasteiger charge is 2.10. The lowest BCUT2D eigenvalue weighted by atomic mass is 10.1. The molecule has 1 N–H and O–H groups in total. The Balaban J connectivity index is 1.64. The van der Waals surface area contributed by atoms with Gasteiger partial charge in [0.25, 0.3) is 0 Å². The van der Waals surface area contributed by atoms with Crippen LogP contribution >= 0.6 is 0 Å². The number of nitrogens with one attached hydrogen (secondary N) is 1. The van der Waals surface area contributed by atoms with Gasteiger partial charge in [-0.05, 0) is 54.5 Å². The molecule has 4 heteroatoms. The van der Waals surface area contributed by atoms with Gasteiger partial charge in [-0.1, -0.05) is 30.3 Å². The molecule has 0 spiro atoms. The summed E-state index contributed by atoms with van der Waals surface area (Å²) in [6.45, 7) is 2.03. The average molecular weight is 349 g/mol. The number of aromatic nitrogens is 2. The van der Waals surface area contributed by atoms with Gasteiger partial charge in [-0.15, -0.1) is 0 Å². The Bertz CT molecular complexity index is 1400. The summed E-state index contributed by atoms with van der Waals surface area (Å²) in [5.74, 6) is 0.579. The minimum atomic E-state index is 0.496. The molecule has 0 atom stereocenters. The van der Waals surface area contributed by atoms with Crippen molar-refractivity contribution in [1.82, 2.24) is 9.97 Å². The molecule has 0 bridgehead atoms. The summed E-state index contributed by atoms with van der Waals surface area (Å²) in [4.78, 5) is 7.81. The molecule has 0 radical (unpaired) electrons. The normalized spacial score (nSPS) is 12.1. The van der Waals surface area contributed by atoms with Crippen LogP contribution in [0.15, 0.2) is 65.1 Å². The van der Waals surface area contributed by atoms with Crippen molar-refractivity contribution in [2.24, 2.45) is 0 Å². The number of nitriles is 1. The van der Waals surface area contributed by atoms with Crippen LogP contribution in [0.3, 0.4) is 0 Å². The van der Waals surface area contributed by atoms with Crippen molar-refractivity contribution in [2.45, 2.75) is 6.92 Å². The number of rotatable bonds is 2. The van der Waals surface area contributed by atoms with Crippen molar-refractivity contribution in [1.29, 1.82) is 5.26 Å². The molecule has 5 rings (SSSR count). The molecule has 4 nitrogen and oxygen atoms in total. The van der Waals surface area contributed by atoms with Gasteiger partial charge in [0, 0.05) is 10.8 Å². The molecule has 0 unspecified atom stereocenters. The highest BCUT2D eigenvalue weighted by atomic mass is 16.3. The lowest BCUT2D eigenvalue weighted by molar-refractivity contribution is 0.669. The van der Waals surface area contributed by atoms with Crippen LogP contribution in [0.2, 0.25) is 0 Å². The van der Waals surface area contributed by atoms with Gasteiger partial charge in [-0.25, -0.2) is 4.98 Å². The number of furan rings is 1. The number of aryl methyl sites for hydroxylation is 1. The number of para-hydroxylation sites is 1. The second-order valence-corrected chi connectivity index (χ2v) is 6.63. The number of H-pyrrole nitrogens is 1. The number of hydrogen-bond acceptors (Lipinski definition) is 3. The first-order valence-electron chi connectivity index (χ1n) is 8.71. The zero-order valence-electron chi connectivity index (χ0n) is 14.7. The summed E-state index contributed by atoms with van der Waals surface area (Å²) < 4.78 is 5.87. The second-order valence-electron chi connectivity index (χ2n) is 6.63. The third-order valence-electron chi connectivity index (χ3n) is 4.72. The zero-order valence-corrected chi connectivity index (χ0v) is 14.7. The summed E-state index contributed by atoms with van der Waals surface area (Å²) in [5.41, 5.74) is 6.07. The molecule has 128 valence electrons. The van der Waals surface area contributed by atoms with E-state index in [4.69, 9.17) is 4.42 Å². The van der Waals surface area contributed by atoms with E-state index in [1.807, 2.05) is 73.7 Å². The van der Waals surface area contributed by atoms with E-state index in [0.717, 1.165) is 44.1 Å². The van der Waals surface area contributed by atoms with E-state index in [-0.39, 0.29) is 0 Å². The number of hydrogen-bond donors (Lipinski definition) is 1. The van der Waals surface area contributed by atoms with Crippen LogP contribution in [0.5, 0.6) is 0 Å². The molecule has 2 heterocycles. The van der Waals surface area contributed by atoms with E-state index in [9.17, 15) is 5.26 Å². The molecule has 3 aromatic carbocycles. The first kappa shape index (κ1) is 15.4. The second kappa shape index (κ2) is 5.86. The number of allylic oxidation sites excluding steroid dienone is 1. The molecular weight excluding hydrogens is 334 g/mol. The third kappa shape index (κ3) is 2.57. The first-order valence-corrected chi connectivity index (χ1v) is 8.71. The van der Waals surface area contributed by atoms with Crippen LogP contribution < -0.4 is 0 Å². The molecule has 0 saturated heterocycles. The van der Waals surface area contributed by atoms with Crippen molar-refractivity contribution in [2.75, 3.05) is 0 Å². The van der Waals surface area contributed by atoms with Crippen LogP contribution in [0.25, 0.3) is 44.6 Å². The maximum atomic E-state index is 9.67. The van der Waals surface area contributed by atoms with Crippen molar-refractivity contribution in [3.63, 3.8) is 0 Å². The SMILES string of the molecule is Cc1ccc2nc(/C(C#N)=C/c3ccc4oc5ccccc5c4c3)[nH]c2c1. The highest BCUT2D eigenvalue weighted by Crippen LogP contribution is 2.30. The van der Waals surface area contributed by atoms with Crippen LogP contribution in [0.1, 0.15) is 17.0 Å². The summed E-state index contributed by atoms with van der Waals surface area (Å²) in [7, 11) is 0. The molecule has 0 aliphatic rings. The van der Waals surface area contributed by atoms with Crippen molar-refractivity contribution in [3.05, 3.63) is 77.6 Å². The van der Waals surface area contributed by atoms with E-state index < -0.39 is 0 Å². The van der Waals surface area contributed by atoms with Crippen LogP contribution in [0.4, 0.5) is 0 Å². The largest absolute Gasteiger partial charge is 0.456 e. The molecule has 0 saturated carbocycles. The smallest absolute Gasteiger partial charge is 0.149 e. The fraction of sp³-hybridized carbons (Fsp3) is 0.0435. The van der Waals surface area contributed by atoms with Crippen LogP contribution in [-0.4, -0.2) is 9.97 Å². The summed E-state index contributed by atoms with van der Waals surface area (Å²) in [5, 5.41) is 11.8. The molecular formula is C23H15N3O. The van der Waals surface area contributed by atoms with Gasteiger partial charge < -0.3 is 9.40 Å². The monoisotopic (exact) mass is 349 g/mol. The molecule has 0 aliphatic carbocycles. The minimum Gasteiger partial charge on any atom is -0.456 e. The highest BCUT2D eigenvalue weighted by molar-refractivity contribution is 6.06. The summed E-state index contributed by atoms with van der Waals surface area (Å²) in [6.07, 6.45) is 1.85. The van der Waals surface area contributed by atoms with Crippen molar-refractivity contribution >= 4 is 44.6 Å².